The Morgan fingerprint density at radius 1 is 1.14 bits per heavy atom. The van der Waals surface area contributed by atoms with Crippen LogP contribution in [0.4, 0.5) is 0 Å². The molecule has 2 saturated heterocycles. The molecule has 0 radical (unpaired) electrons. The van der Waals surface area contributed by atoms with E-state index in [0.717, 1.165) is 11.3 Å². The van der Waals surface area contributed by atoms with E-state index < -0.39 is 0 Å². The zero-order valence-corrected chi connectivity index (χ0v) is 10.3. The van der Waals surface area contributed by atoms with Gasteiger partial charge < -0.3 is 5.32 Å². The summed E-state index contributed by atoms with van der Waals surface area (Å²) in [6.45, 7) is 9.46. The molecule has 0 aliphatic carbocycles. The first kappa shape index (κ1) is 10.8. The van der Waals surface area contributed by atoms with Gasteiger partial charge in [0.15, 0.2) is 0 Å². The molecule has 82 valence electrons. The highest BCUT2D eigenvalue weighted by atomic mass is 32.2. The number of nitrogens with zero attached hydrogens (tertiary/aromatic N) is 1. The molecule has 0 bridgehead atoms. The van der Waals surface area contributed by atoms with Crippen molar-refractivity contribution in [2.45, 2.75) is 50.6 Å². The highest BCUT2D eigenvalue weighted by Crippen LogP contribution is 2.31. The molecule has 2 aliphatic rings. The predicted molar refractivity (Wildman–Crippen MR) is 64.0 cm³/mol. The minimum Gasteiger partial charge on any atom is -0.309 e. The van der Waals surface area contributed by atoms with E-state index in [9.17, 15) is 0 Å². The van der Waals surface area contributed by atoms with Gasteiger partial charge in [0.2, 0.25) is 0 Å². The molecule has 2 aliphatic heterocycles. The van der Waals surface area contributed by atoms with Crippen molar-refractivity contribution in [1.82, 2.24) is 10.2 Å². The third kappa shape index (κ3) is 2.26. The van der Waals surface area contributed by atoms with Gasteiger partial charge in [-0.15, -0.1) is 0 Å². The molecule has 14 heavy (non-hydrogen) atoms. The summed E-state index contributed by atoms with van der Waals surface area (Å²) in [5, 5.41) is 4.44. The number of nitrogens with one attached hydrogen (secondary N) is 1. The molecule has 3 heteroatoms. The first-order valence-electron chi connectivity index (χ1n) is 5.78. The van der Waals surface area contributed by atoms with Gasteiger partial charge in [-0.2, -0.15) is 11.8 Å². The van der Waals surface area contributed by atoms with E-state index in [-0.39, 0.29) is 0 Å². The lowest BCUT2D eigenvalue weighted by Crippen LogP contribution is -2.57. The summed E-state index contributed by atoms with van der Waals surface area (Å²) in [5.41, 5.74) is 0. The van der Waals surface area contributed by atoms with Crippen molar-refractivity contribution in [2.24, 2.45) is 0 Å². The normalized spacial score (nSPS) is 45.6. The maximum absolute atomic E-state index is 3.60. The summed E-state index contributed by atoms with van der Waals surface area (Å²) < 4.78 is 0. The fraction of sp³-hybridized carbons (Fsp3) is 1.00. The molecule has 0 aromatic carbocycles. The maximum atomic E-state index is 3.60. The summed E-state index contributed by atoms with van der Waals surface area (Å²) in [4.78, 5) is 2.70. The Morgan fingerprint density at radius 2 is 1.79 bits per heavy atom. The molecule has 0 saturated carbocycles. The van der Waals surface area contributed by atoms with Gasteiger partial charge in [0.05, 0.1) is 0 Å². The van der Waals surface area contributed by atoms with E-state index in [4.69, 9.17) is 0 Å². The molecular weight excluding hydrogens is 192 g/mol. The second-order valence-electron chi connectivity index (χ2n) is 4.85. The highest BCUT2D eigenvalue weighted by molar-refractivity contribution is 8.00. The monoisotopic (exact) mass is 214 g/mol. The van der Waals surface area contributed by atoms with Crippen LogP contribution in [0.2, 0.25) is 0 Å². The number of rotatable bonds is 1. The second kappa shape index (κ2) is 4.42. The van der Waals surface area contributed by atoms with Crippen LogP contribution in [0.5, 0.6) is 0 Å². The Balaban J connectivity index is 1.95. The summed E-state index contributed by atoms with van der Waals surface area (Å²) in [7, 11) is 0. The van der Waals surface area contributed by atoms with E-state index >= 15 is 0 Å². The van der Waals surface area contributed by atoms with Gasteiger partial charge in [0.1, 0.15) is 0 Å². The average Bonchev–Trinajstić information content (AvgIpc) is 2.49. The van der Waals surface area contributed by atoms with Crippen LogP contribution in [-0.4, -0.2) is 47.1 Å². The number of hydrogen-bond acceptors (Lipinski definition) is 3. The molecule has 4 atom stereocenters. The molecule has 2 nitrogen and oxygen atoms in total. The summed E-state index contributed by atoms with van der Waals surface area (Å²) in [6.07, 6.45) is 1.39. The molecule has 2 heterocycles. The molecule has 0 spiro atoms. The molecular formula is C11H22N2S. The zero-order valence-electron chi connectivity index (χ0n) is 9.49. The Labute approximate surface area is 91.8 Å². The van der Waals surface area contributed by atoms with Crippen molar-refractivity contribution in [1.29, 1.82) is 0 Å². The van der Waals surface area contributed by atoms with Gasteiger partial charge in [0, 0.05) is 36.5 Å². The van der Waals surface area contributed by atoms with Crippen LogP contribution < -0.4 is 5.32 Å². The van der Waals surface area contributed by atoms with Crippen LogP contribution in [0.1, 0.15) is 27.2 Å². The van der Waals surface area contributed by atoms with Crippen LogP contribution in [0, 0.1) is 0 Å². The van der Waals surface area contributed by atoms with Crippen LogP contribution in [0.3, 0.4) is 0 Å². The Hall–Kier alpha value is 0.270. The van der Waals surface area contributed by atoms with Crippen molar-refractivity contribution >= 4 is 11.8 Å². The van der Waals surface area contributed by atoms with E-state index in [1.807, 2.05) is 0 Å². The number of piperazine rings is 1. The topological polar surface area (TPSA) is 15.3 Å². The van der Waals surface area contributed by atoms with Crippen molar-refractivity contribution in [3.63, 3.8) is 0 Å². The lowest BCUT2D eigenvalue weighted by Gasteiger charge is -2.40. The van der Waals surface area contributed by atoms with Crippen molar-refractivity contribution in [3.05, 3.63) is 0 Å². The minimum absolute atomic E-state index is 0.663. The fourth-order valence-corrected chi connectivity index (χ4v) is 4.12. The molecule has 2 fully saturated rings. The Bertz CT molecular complexity index is 188. The lowest BCUT2D eigenvalue weighted by atomic mass is 10.1. The van der Waals surface area contributed by atoms with Gasteiger partial charge >= 0.3 is 0 Å². The quantitative estimate of drug-likeness (QED) is 0.713. The third-order valence-electron chi connectivity index (χ3n) is 3.39. The third-order valence-corrected chi connectivity index (χ3v) is 4.70. The van der Waals surface area contributed by atoms with Gasteiger partial charge in [-0.25, -0.2) is 0 Å². The summed E-state index contributed by atoms with van der Waals surface area (Å²) >= 11 is 2.14. The molecule has 2 rings (SSSR count). The Morgan fingerprint density at radius 3 is 2.29 bits per heavy atom. The van der Waals surface area contributed by atoms with Gasteiger partial charge in [-0.3, -0.25) is 4.90 Å². The standard InChI is InChI=1S/C11H22N2S/c1-8-6-13(7-9(2)12-8)11-4-5-14-10(11)3/h8-12H,4-7H2,1-3H3. The second-order valence-corrected chi connectivity index (χ2v) is 6.34. The summed E-state index contributed by atoms with van der Waals surface area (Å²) in [6, 6.07) is 2.17. The first-order chi connectivity index (χ1) is 6.66. The van der Waals surface area contributed by atoms with Gasteiger partial charge in [-0.05, 0) is 26.0 Å². The fourth-order valence-electron chi connectivity index (χ4n) is 2.84. The maximum Gasteiger partial charge on any atom is 0.0221 e. The average molecular weight is 214 g/mol. The van der Waals surface area contributed by atoms with Crippen LogP contribution in [-0.2, 0) is 0 Å². The zero-order chi connectivity index (χ0) is 10.1. The van der Waals surface area contributed by atoms with Crippen molar-refractivity contribution in [2.75, 3.05) is 18.8 Å². The van der Waals surface area contributed by atoms with Crippen molar-refractivity contribution in [3.8, 4) is 0 Å². The molecule has 4 unspecified atom stereocenters. The number of hydrogen-bond donors (Lipinski definition) is 1. The molecule has 0 aromatic rings. The van der Waals surface area contributed by atoms with Crippen LogP contribution >= 0.6 is 11.8 Å². The molecule has 0 amide bonds. The first-order valence-corrected chi connectivity index (χ1v) is 6.83. The van der Waals surface area contributed by atoms with Gasteiger partial charge in [0.25, 0.3) is 0 Å². The van der Waals surface area contributed by atoms with E-state index in [1.54, 1.807) is 0 Å². The highest BCUT2D eigenvalue weighted by Gasteiger charge is 2.33. The van der Waals surface area contributed by atoms with Crippen molar-refractivity contribution < 1.29 is 0 Å². The molecule has 1 N–H and O–H groups in total. The predicted octanol–water partition coefficient (Wildman–Crippen LogP) is 1.56. The smallest absolute Gasteiger partial charge is 0.0221 e. The SMILES string of the molecule is CC1CN(C2CCSC2C)CC(C)N1. The van der Waals surface area contributed by atoms with E-state index in [0.29, 0.717) is 12.1 Å². The largest absolute Gasteiger partial charge is 0.309 e. The van der Waals surface area contributed by atoms with E-state index in [2.05, 4.69) is 42.7 Å². The molecule has 0 aromatic heterocycles. The van der Waals surface area contributed by atoms with Crippen LogP contribution in [0.25, 0.3) is 0 Å². The summed E-state index contributed by atoms with van der Waals surface area (Å²) in [5.74, 6) is 1.36. The van der Waals surface area contributed by atoms with Crippen LogP contribution in [0.15, 0.2) is 0 Å². The van der Waals surface area contributed by atoms with Gasteiger partial charge in [-0.1, -0.05) is 6.92 Å². The lowest BCUT2D eigenvalue weighted by molar-refractivity contribution is 0.124. The minimum atomic E-state index is 0.663. The number of thioether (sulfide) groups is 1. The Kier molecular flexibility index (Phi) is 3.40. The van der Waals surface area contributed by atoms with E-state index in [1.165, 1.54) is 25.3 Å².